The number of ketones is 1. The summed E-state index contributed by atoms with van der Waals surface area (Å²) in [7, 11) is 0. The molecular formula is C16H26N2O. The molecule has 3 heteroatoms. The van der Waals surface area contributed by atoms with Gasteiger partial charge < -0.3 is 0 Å². The Morgan fingerprint density at radius 1 is 1.42 bits per heavy atom. The van der Waals surface area contributed by atoms with Crippen LogP contribution >= 0.6 is 0 Å². The molecule has 1 saturated carbocycles. The first-order valence-electron chi connectivity index (χ1n) is 7.62. The molecule has 1 aromatic heterocycles. The van der Waals surface area contributed by atoms with E-state index in [0.29, 0.717) is 18.2 Å². The second-order valence-corrected chi connectivity index (χ2v) is 6.27. The Morgan fingerprint density at radius 2 is 2.11 bits per heavy atom. The first kappa shape index (κ1) is 14.3. The molecule has 1 aromatic rings. The molecule has 0 aromatic carbocycles. The van der Waals surface area contributed by atoms with Gasteiger partial charge in [-0.2, -0.15) is 5.10 Å². The molecule has 1 aliphatic rings. The Morgan fingerprint density at radius 3 is 2.74 bits per heavy atom. The van der Waals surface area contributed by atoms with Gasteiger partial charge in [0.2, 0.25) is 0 Å². The van der Waals surface area contributed by atoms with Gasteiger partial charge in [-0.3, -0.25) is 9.48 Å². The summed E-state index contributed by atoms with van der Waals surface area (Å²) < 4.78 is 1.98. The first-order valence-corrected chi connectivity index (χ1v) is 7.62. The summed E-state index contributed by atoms with van der Waals surface area (Å²) >= 11 is 0. The second kappa shape index (κ2) is 5.89. The Labute approximate surface area is 116 Å². The van der Waals surface area contributed by atoms with E-state index in [4.69, 9.17) is 0 Å². The Hall–Kier alpha value is -1.12. The van der Waals surface area contributed by atoms with Crippen molar-refractivity contribution >= 4 is 5.78 Å². The van der Waals surface area contributed by atoms with E-state index >= 15 is 0 Å². The summed E-state index contributed by atoms with van der Waals surface area (Å²) in [5, 5.41) is 4.54. The number of hydrogen-bond acceptors (Lipinski definition) is 2. The van der Waals surface area contributed by atoms with Crippen molar-refractivity contribution < 1.29 is 4.79 Å². The van der Waals surface area contributed by atoms with E-state index in [9.17, 15) is 4.79 Å². The minimum Gasteiger partial charge on any atom is -0.299 e. The van der Waals surface area contributed by atoms with Gasteiger partial charge in [-0.15, -0.1) is 0 Å². The average Bonchev–Trinajstić information content (AvgIpc) is 2.87. The van der Waals surface area contributed by atoms with Crippen molar-refractivity contribution in [2.24, 2.45) is 5.41 Å². The lowest BCUT2D eigenvalue weighted by Crippen LogP contribution is -2.31. The summed E-state index contributed by atoms with van der Waals surface area (Å²) in [4.78, 5) is 12.5. The maximum absolute atomic E-state index is 12.5. The van der Waals surface area contributed by atoms with Crippen molar-refractivity contribution in [2.45, 2.75) is 71.8 Å². The van der Waals surface area contributed by atoms with Gasteiger partial charge in [0.05, 0.1) is 12.1 Å². The number of carbonyl (C=O) groups excluding carboxylic acids is 1. The molecule has 19 heavy (non-hydrogen) atoms. The molecule has 1 fully saturated rings. The highest BCUT2D eigenvalue weighted by molar-refractivity contribution is 5.86. The number of hydrogen-bond donors (Lipinski definition) is 0. The molecule has 0 radical (unpaired) electrons. The van der Waals surface area contributed by atoms with Crippen molar-refractivity contribution in [3.8, 4) is 0 Å². The van der Waals surface area contributed by atoms with Gasteiger partial charge in [0, 0.05) is 17.7 Å². The largest absolute Gasteiger partial charge is 0.299 e. The monoisotopic (exact) mass is 262 g/mol. The Bertz CT molecular complexity index is 430. The normalized spacial score (nSPS) is 20.2. The fourth-order valence-corrected chi connectivity index (χ4v) is 2.89. The van der Waals surface area contributed by atoms with Crippen LogP contribution in [0.2, 0.25) is 0 Å². The molecule has 1 heterocycles. The van der Waals surface area contributed by atoms with E-state index in [1.54, 1.807) is 0 Å². The van der Waals surface area contributed by atoms with Crippen LogP contribution in [0.15, 0.2) is 12.3 Å². The van der Waals surface area contributed by atoms with E-state index in [-0.39, 0.29) is 5.41 Å². The van der Waals surface area contributed by atoms with E-state index in [0.717, 1.165) is 25.0 Å². The highest BCUT2D eigenvalue weighted by Gasteiger charge is 2.34. The molecule has 0 saturated heterocycles. The Balaban J connectivity index is 2.00. The number of carbonyl (C=O) groups is 1. The molecule has 3 nitrogen and oxygen atoms in total. The second-order valence-electron chi connectivity index (χ2n) is 6.27. The van der Waals surface area contributed by atoms with Crippen LogP contribution in [0.5, 0.6) is 0 Å². The third kappa shape index (κ3) is 3.26. The topological polar surface area (TPSA) is 34.9 Å². The van der Waals surface area contributed by atoms with Crippen molar-refractivity contribution in [1.29, 1.82) is 0 Å². The van der Waals surface area contributed by atoms with Gasteiger partial charge in [-0.05, 0) is 32.3 Å². The molecule has 2 rings (SSSR count). The van der Waals surface area contributed by atoms with Gasteiger partial charge >= 0.3 is 0 Å². The van der Waals surface area contributed by atoms with Gasteiger partial charge in [-0.25, -0.2) is 0 Å². The van der Waals surface area contributed by atoms with E-state index in [1.807, 2.05) is 16.9 Å². The van der Waals surface area contributed by atoms with Gasteiger partial charge in [-0.1, -0.05) is 33.1 Å². The fraction of sp³-hybridized carbons (Fsp3) is 0.750. The quantitative estimate of drug-likeness (QED) is 0.805. The zero-order valence-corrected chi connectivity index (χ0v) is 12.5. The summed E-state index contributed by atoms with van der Waals surface area (Å²) in [6, 6.07) is 2.41. The van der Waals surface area contributed by atoms with Crippen molar-refractivity contribution in [3.05, 3.63) is 18.0 Å². The van der Waals surface area contributed by atoms with Crippen molar-refractivity contribution in [3.63, 3.8) is 0 Å². The third-order valence-electron chi connectivity index (χ3n) is 4.68. The number of nitrogens with zero attached hydrogens (tertiary/aromatic N) is 2. The standard InChI is InChI=1S/C16H26N2O/c1-4-13(2)18-11-8-14(17-18)12-15(19)16(3)9-6-5-7-10-16/h8,11,13H,4-7,9-10,12H2,1-3H3. The highest BCUT2D eigenvalue weighted by Crippen LogP contribution is 2.37. The predicted octanol–water partition coefficient (Wildman–Crippen LogP) is 3.94. The van der Waals surface area contributed by atoms with E-state index < -0.39 is 0 Å². The molecule has 0 spiro atoms. The molecule has 0 aliphatic heterocycles. The number of aromatic nitrogens is 2. The average molecular weight is 262 g/mol. The maximum atomic E-state index is 12.5. The summed E-state index contributed by atoms with van der Waals surface area (Å²) in [5.74, 6) is 0.376. The number of Topliss-reactive ketones (excluding diaryl/α,β-unsaturated/α-hetero) is 1. The highest BCUT2D eigenvalue weighted by atomic mass is 16.1. The minimum atomic E-state index is -0.0988. The number of rotatable bonds is 5. The van der Waals surface area contributed by atoms with Crippen LogP contribution in [-0.4, -0.2) is 15.6 Å². The van der Waals surface area contributed by atoms with Crippen LogP contribution in [0.25, 0.3) is 0 Å². The molecule has 0 amide bonds. The van der Waals surface area contributed by atoms with Crippen molar-refractivity contribution in [1.82, 2.24) is 9.78 Å². The first-order chi connectivity index (χ1) is 9.05. The zero-order chi connectivity index (χ0) is 13.9. The van der Waals surface area contributed by atoms with E-state index in [2.05, 4.69) is 25.9 Å². The molecule has 1 aliphatic carbocycles. The summed E-state index contributed by atoms with van der Waals surface area (Å²) in [6.07, 6.45) is 9.35. The van der Waals surface area contributed by atoms with Crippen LogP contribution in [-0.2, 0) is 11.2 Å². The SMILES string of the molecule is CCC(C)n1ccc(CC(=O)C2(C)CCCCC2)n1. The molecule has 106 valence electrons. The lowest BCUT2D eigenvalue weighted by atomic mass is 9.72. The molecular weight excluding hydrogens is 236 g/mol. The van der Waals surface area contributed by atoms with Crippen LogP contribution in [0.1, 0.15) is 71.0 Å². The van der Waals surface area contributed by atoms with E-state index in [1.165, 1.54) is 19.3 Å². The van der Waals surface area contributed by atoms with Crippen LogP contribution in [0, 0.1) is 5.41 Å². The van der Waals surface area contributed by atoms with Crippen LogP contribution < -0.4 is 0 Å². The van der Waals surface area contributed by atoms with Crippen LogP contribution in [0.3, 0.4) is 0 Å². The molecule has 0 bridgehead atoms. The Kier molecular flexibility index (Phi) is 4.43. The lowest BCUT2D eigenvalue weighted by Gasteiger charge is -2.31. The third-order valence-corrected chi connectivity index (χ3v) is 4.68. The lowest BCUT2D eigenvalue weighted by molar-refractivity contribution is -0.128. The predicted molar refractivity (Wildman–Crippen MR) is 77.1 cm³/mol. The zero-order valence-electron chi connectivity index (χ0n) is 12.5. The molecule has 0 N–H and O–H groups in total. The van der Waals surface area contributed by atoms with Crippen LogP contribution in [0.4, 0.5) is 0 Å². The van der Waals surface area contributed by atoms with Gasteiger partial charge in [0.15, 0.2) is 0 Å². The van der Waals surface area contributed by atoms with Crippen molar-refractivity contribution in [2.75, 3.05) is 0 Å². The molecule has 1 unspecified atom stereocenters. The summed E-state index contributed by atoms with van der Waals surface area (Å²) in [6.45, 7) is 6.45. The smallest absolute Gasteiger partial charge is 0.144 e. The maximum Gasteiger partial charge on any atom is 0.144 e. The molecule has 1 atom stereocenters. The minimum absolute atomic E-state index is 0.0988. The summed E-state index contributed by atoms with van der Waals surface area (Å²) in [5.41, 5.74) is 0.829. The fourth-order valence-electron chi connectivity index (χ4n) is 2.89. The van der Waals surface area contributed by atoms with Gasteiger partial charge in [0.1, 0.15) is 5.78 Å². The van der Waals surface area contributed by atoms with Gasteiger partial charge in [0.25, 0.3) is 0 Å².